The van der Waals surface area contributed by atoms with Gasteiger partial charge in [0.05, 0.1) is 15.6 Å². The van der Waals surface area contributed by atoms with Crippen LogP contribution < -0.4 is 0 Å². The summed E-state index contributed by atoms with van der Waals surface area (Å²) in [5.41, 5.74) is -0.466. The second-order valence-corrected chi connectivity index (χ2v) is 5.78. The number of hydrogen-bond donors (Lipinski definition) is 0. The lowest BCUT2D eigenvalue weighted by atomic mass is 10.1. The number of hydrogen-bond acceptors (Lipinski definition) is 4. The van der Waals surface area contributed by atoms with Crippen LogP contribution in [0.2, 0.25) is 10.0 Å². The minimum Gasteiger partial charge on any atom is -0.409 e. The van der Waals surface area contributed by atoms with E-state index in [9.17, 15) is 13.2 Å². The van der Waals surface area contributed by atoms with E-state index in [1.165, 1.54) is 24.5 Å². The normalized spacial score (nSPS) is 11.7. The zero-order chi connectivity index (χ0) is 17.5. The van der Waals surface area contributed by atoms with Crippen molar-refractivity contribution in [2.45, 2.75) is 6.18 Å². The van der Waals surface area contributed by atoms with E-state index in [0.717, 1.165) is 16.8 Å². The highest BCUT2D eigenvalue weighted by atomic mass is 35.5. The van der Waals surface area contributed by atoms with Crippen LogP contribution in [0.1, 0.15) is 5.56 Å². The van der Waals surface area contributed by atoms with E-state index in [-0.39, 0.29) is 32.0 Å². The molecule has 0 aliphatic rings. The van der Waals surface area contributed by atoms with Crippen molar-refractivity contribution in [3.8, 4) is 17.1 Å². The average molecular weight is 392 g/mol. The molecule has 24 heavy (non-hydrogen) atoms. The summed E-state index contributed by atoms with van der Waals surface area (Å²) in [6.45, 7) is 0. The summed E-state index contributed by atoms with van der Waals surface area (Å²) in [4.78, 5) is 3.70. The van der Waals surface area contributed by atoms with Crippen LogP contribution >= 0.6 is 35.4 Å². The third kappa shape index (κ3) is 3.17. The third-order valence-corrected chi connectivity index (χ3v) is 3.83. The summed E-state index contributed by atoms with van der Waals surface area (Å²) in [6.07, 6.45) is -1.81. The van der Waals surface area contributed by atoms with E-state index < -0.39 is 11.7 Å². The molecular weight excluding hydrogens is 386 g/mol. The van der Waals surface area contributed by atoms with Crippen LogP contribution in [0.3, 0.4) is 0 Å². The molecule has 3 rings (SSSR count). The Kier molecular flexibility index (Phi) is 4.37. The molecule has 124 valence electrons. The minimum absolute atomic E-state index is 0.0879. The number of nitrogens with zero attached hydrogens (tertiary/aromatic N) is 3. The molecule has 0 bridgehead atoms. The Morgan fingerprint density at radius 2 is 1.79 bits per heavy atom. The second-order valence-electron chi connectivity index (χ2n) is 4.62. The standard InChI is InChI=1S/C14H6Cl2F3N3OS/c15-9-5-20-6-10(16)11(9)22-13(24)23-12(21-22)7-2-1-3-8(4-7)14(17,18)19/h1-6H. The quantitative estimate of drug-likeness (QED) is 0.534. The second kappa shape index (κ2) is 6.19. The van der Waals surface area contributed by atoms with Crippen LogP contribution in [0.4, 0.5) is 13.2 Å². The maximum absolute atomic E-state index is 12.8. The van der Waals surface area contributed by atoms with Gasteiger partial charge < -0.3 is 4.42 Å². The Hall–Kier alpha value is -1.90. The molecule has 0 aliphatic carbocycles. The van der Waals surface area contributed by atoms with Crippen LogP contribution in [0, 0.1) is 4.84 Å². The van der Waals surface area contributed by atoms with Gasteiger partial charge in [-0.25, -0.2) is 0 Å². The van der Waals surface area contributed by atoms with Gasteiger partial charge in [0.25, 0.3) is 4.84 Å². The van der Waals surface area contributed by atoms with Crippen LogP contribution in [0.15, 0.2) is 41.1 Å². The molecule has 0 fully saturated rings. The van der Waals surface area contributed by atoms with Crippen molar-refractivity contribution in [1.29, 1.82) is 0 Å². The van der Waals surface area contributed by atoms with Gasteiger partial charge >= 0.3 is 6.18 Å². The molecule has 0 aliphatic heterocycles. The van der Waals surface area contributed by atoms with Crippen molar-refractivity contribution < 1.29 is 17.6 Å². The van der Waals surface area contributed by atoms with E-state index in [0.29, 0.717) is 0 Å². The van der Waals surface area contributed by atoms with Gasteiger partial charge in [0.15, 0.2) is 0 Å². The van der Waals surface area contributed by atoms with Gasteiger partial charge in [-0.2, -0.15) is 17.9 Å². The first kappa shape index (κ1) is 16.9. The first-order valence-electron chi connectivity index (χ1n) is 6.34. The molecule has 0 amide bonds. The lowest BCUT2D eigenvalue weighted by molar-refractivity contribution is -0.137. The number of rotatable bonds is 2. The number of alkyl halides is 3. The SMILES string of the molecule is FC(F)(F)c1cccc(-c2nn(-c3c(Cl)cncc3Cl)c(=S)o2)c1. The molecule has 0 spiro atoms. The Balaban J connectivity index is 2.12. The van der Waals surface area contributed by atoms with Gasteiger partial charge in [0, 0.05) is 18.0 Å². The fraction of sp³-hybridized carbons (Fsp3) is 0.0714. The molecule has 2 aromatic heterocycles. The van der Waals surface area contributed by atoms with Crippen molar-refractivity contribution in [3.05, 3.63) is 57.1 Å². The lowest BCUT2D eigenvalue weighted by Gasteiger charge is -2.06. The monoisotopic (exact) mass is 391 g/mol. The number of benzene rings is 1. The van der Waals surface area contributed by atoms with Crippen LogP contribution in [-0.2, 0) is 6.18 Å². The van der Waals surface area contributed by atoms with Crippen LogP contribution in [0.5, 0.6) is 0 Å². The van der Waals surface area contributed by atoms with Gasteiger partial charge in [-0.05, 0) is 30.4 Å². The molecule has 1 aromatic carbocycles. The molecule has 3 aromatic rings. The summed E-state index contributed by atoms with van der Waals surface area (Å²) in [7, 11) is 0. The molecule has 0 unspecified atom stereocenters. The molecular formula is C14H6Cl2F3N3OS. The van der Waals surface area contributed by atoms with Crippen molar-refractivity contribution >= 4 is 35.4 Å². The molecule has 10 heteroatoms. The highest BCUT2D eigenvalue weighted by Gasteiger charge is 2.31. The van der Waals surface area contributed by atoms with Crippen molar-refractivity contribution in [2.24, 2.45) is 0 Å². The molecule has 0 atom stereocenters. The summed E-state index contributed by atoms with van der Waals surface area (Å²) >= 11 is 17.1. The van der Waals surface area contributed by atoms with Crippen LogP contribution in [0.25, 0.3) is 17.1 Å². The summed E-state index contributed by atoms with van der Waals surface area (Å²) in [6, 6.07) is 4.55. The van der Waals surface area contributed by atoms with Gasteiger partial charge in [-0.3, -0.25) is 4.98 Å². The average Bonchev–Trinajstić information content (AvgIpc) is 2.88. The summed E-state index contributed by atoms with van der Waals surface area (Å²) in [5.74, 6) is -0.0879. The molecule has 0 saturated heterocycles. The topological polar surface area (TPSA) is 43.9 Å². The predicted octanol–water partition coefficient (Wildman–Crippen LogP) is 5.58. The minimum atomic E-state index is -4.48. The van der Waals surface area contributed by atoms with E-state index in [4.69, 9.17) is 39.8 Å². The number of pyridine rings is 1. The van der Waals surface area contributed by atoms with Crippen LogP contribution in [-0.4, -0.2) is 14.8 Å². The summed E-state index contributed by atoms with van der Waals surface area (Å²) < 4.78 is 44.9. The Labute approximate surface area is 148 Å². The first-order valence-corrected chi connectivity index (χ1v) is 7.51. The van der Waals surface area contributed by atoms with E-state index >= 15 is 0 Å². The molecule has 0 saturated carbocycles. The van der Waals surface area contributed by atoms with Gasteiger partial charge in [-0.15, -0.1) is 5.10 Å². The lowest BCUT2D eigenvalue weighted by Crippen LogP contribution is -2.04. The highest BCUT2D eigenvalue weighted by molar-refractivity contribution is 7.71. The van der Waals surface area contributed by atoms with Gasteiger partial charge in [0.2, 0.25) is 5.89 Å². The third-order valence-electron chi connectivity index (χ3n) is 3.02. The smallest absolute Gasteiger partial charge is 0.409 e. The van der Waals surface area contributed by atoms with Crippen molar-refractivity contribution in [1.82, 2.24) is 14.8 Å². The number of aromatic nitrogens is 3. The zero-order valence-electron chi connectivity index (χ0n) is 11.5. The predicted molar refractivity (Wildman–Crippen MR) is 84.9 cm³/mol. The van der Waals surface area contributed by atoms with E-state index in [1.807, 2.05) is 0 Å². The Morgan fingerprint density at radius 1 is 1.12 bits per heavy atom. The zero-order valence-corrected chi connectivity index (χ0v) is 13.8. The van der Waals surface area contributed by atoms with E-state index in [2.05, 4.69) is 10.1 Å². The van der Waals surface area contributed by atoms with E-state index in [1.54, 1.807) is 0 Å². The number of halogens is 5. The fourth-order valence-corrected chi connectivity index (χ4v) is 2.71. The largest absolute Gasteiger partial charge is 0.416 e. The molecule has 2 heterocycles. The fourth-order valence-electron chi connectivity index (χ4n) is 1.97. The van der Waals surface area contributed by atoms with Gasteiger partial charge in [0.1, 0.15) is 5.69 Å². The first-order chi connectivity index (χ1) is 11.3. The Morgan fingerprint density at radius 3 is 2.42 bits per heavy atom. The van der Waals surface area contributed by atoms with Crippen molar-refractivity contribution in [3.63, 3.8) is 0 Å². The van der Waals surface area contributed by atoms with Gasteiger partial charge in [-0.1, -0.05) is 29.3 Å². The maximum Gasteiger partial charge on any atom is 0.416 e. The molecule has 0 radical (unpaired) electrons. The molecule has 0 N–H and O–H groups in total. The summed E-state index contributed by atoms with van der Waals surface area (Å²) in [5, 5.41) is 4.41. The maximum atomic E-state index is 12.8. The Bertz CT molecular complexity index is 948. The highest BCUT2D eigenvalue weighted by Crippen LogP contribution is 2.33. The molecule has 4 nitrogen and oxygen atoms in total. The van der Waals surface area contributed by atoms with Crippen molar-refractivity contribution in [2.75, 3.05) is 0 Å².